The summed E-state index contributed by atoms with van der Waals surface area (Å²) in [6, 6.07) is 8.63. The second-order valence-electron chi connectivity index (χ2n) is 7.11. The minimum Gasteiger partial charge on any atom is -0.350 e. The summed E-state index contributed by atoms with van der Waals surface area (Å²) in [6.07, 6.45) is 8.17. The average molecular weight is 301 g/mol. The van der Waals surface area contributed by atoms with Gasteiger partial charge in [-0.2, -0.15) is 0 Å². The minimum atomic E-state index is -0.0103. The number of nitrogens with one attached hydrogen (secondary N) is 1. The molecule has 0 aliphatic carbocycles. The topological polar surface area (TPSA) is 29.1 Å². The van der Waals surface area contributed by atoms with Gasteiger partial charge in [-0.25, -0.2) is 0 Å². The fraction of sp³-hybridized carbons (Fsp3) is 0.550. The molecule has 0 heterocycles. The van der Waals surface area contributed by atoms with Crippen LogP contribution in [0.1, 0.15) is 71.4 Å². The molecule has 0 saturated carbocycles. The number of hydrogen-bond donors (Lipinski definition) is 1. The number of carbonyl (C=O) groups is 1. The summed E-state index contributed by atoms with van der Waals surface area (Å²) in [6.45, 7) is 10.9. The molecule has 1 amide bonds. The molecule has 1 aromatic carbocycles. The highest BCUT2D eigenvalue weighted by Gasteiger charge is 2.12. The smallest absolute Gasteiger partial charge is 0.244 e. The molecule has 122 valence electrons. The van der Waals surface area contributed by atoms with Crippen LogP contribution >= 0.6 is 0 Å². The lowest BCUT2D eigenvalue weighted by atomic mass is 9.87. The number of rotatable bonds is 7. The Kier molecular flexibility index (Phi) is 7.37. The van der Waals surface area contributed by atoms with Crippen LogP contribution < -0.4 is 5.32 Å². The number of hydrogen-bond acceptors (Lipinski definition) is 1. The zero-order valence-electron chi connectivity index (χ0n) is 14.8. The zero-order chi connectivity index (χ0) is 16.6. The van der Waals surface area contributed by atoms with Crippen LogP contribution in [0.15, 0.2) is 30.3 Å². The molecule has 0 radical (unpaired) electrons. The Labute approximate surface area is 136 Å². The van der Waals surface area contributed by atoms with E-state index in [2.05, 4.69) is 64.2 Å². The van der Waals surface area contributed by atoms with E-state index in [0.717, 1.165) is 12.0 Å². The Morgan fingerprint density at radius 2 is 1.82 bits per heavy atom. The molecular weight excluding hydrogens is 270 g/mol. The standard InChI is InChI=1S/C20H31NO/c1-6-7-8-9-16(2)21-19(22)15-12-17-10-13-18(14-11-17)20(3,4)5/h10-16H,6-9H2,1-5H3,(H,21,22). The van der Waals surface area contributed by atoms with Crippen LogP contribution in [0.3, 0.4) is 0 Å². The van der Waals surface area contributed by atoms with Crippen LogP contribution in [0, 0.1) is 0 Å². The molecule has 0 aliphatic heterocycles. The third kappa shape index (κ3) is 6.93. The third-order valence-electron chi connectivity index (χ3n) is 3.83. The molecule has 2 nitrogen and oxygen atoms in total. The Morgan fingerprint density at radius 1 is 1.18 bits per heavy atom. The van der Waals surface area contributed by atoms with Crippen molar-refractivity contribution in [3.8, 4) is 0 Å². The van der Waals surface area contributed by atoms with E-state index < -0.39 is 0 Å². The zero-order valence-corrected chi connectivity index (χ0v) is 14.8. The molecule has 2 heteroatoms. The highest BCUT2D eigenvalue weighted by atomic mass is 16.1. The maximum atomic E-state index is 11.9. The second-order valence-corrected chi connectivity index (χ2v) is 7.11. The van der Waals surface area contributed by atoms with Crippen molar-refractivity contribution in [2.24, 2.45) is 0 Å². The summed E-state index contributed by atoms with van der Waals surface area (Å²) in [4.78, 5) is 11.9. The van der Waals surface area contributed by atoms with Gasteiger partial charge in [-0.1, -0.05) is 71.2 Å². The largest absolute Gasteiger partial charge is 0.350 e. The van der Waals surface area contributed by atoms with Gasteiger partial charge in [0, 0.05) is 12.1 Å². The predicted molar refractivity (Wildman–Crippen MR) is 95.9 cm³/mol. The summed E-state index contributed by atoms with van der Waals surface area (Å²) < 4.78 is 0. The van der Waals surface area contributed by atoms with Crippen LogP contribution in [0.2, 0.25) is 0 Å². The first-order valence-corrected chi connectivity index (χ1v) is 8.42. The number of amides is 1. The first kappa shape index (κ1) is 18.5. The van der Waals surface area contributed by atoms with E-state index in [0.29, 0.717) is 0 Å². The number of unbranched alkanes of at least 4 members (excludes halogenated alkanes) is 2. The fourth-order valence-corrected chi connectivity index (χ4v) is 2.33. The van der Waals surface area contributed by atoms with E-state index in [4.69, 9.17) is 0 Å². The van der Waals surface area contributed by atoms with E-state index in [1.54, 1.807) is 6.08 Å². The van der Waals surface area contributed by atoms with Crippen LogP contribution in [-0.4, -0.2) is 11.9 Å². The highest BCUT2D eigenvalue weighted by Crippen LogP contribution is 2.22. The van der Waals surface area contributed by atoms with E-state index in [1.807, 2.05) is 6.08 Å². The first-order valence-electron chi connectivity index (χ1n) is 8.42. The minimum absolute atomic E-state index is 0.0103. The van der Waals surface area contributed by atoms with Crippen LogP contribution in [-0.2, 0) is 10.2 Å². The molecule has 1 aromatic rings. The molecular formula is C20H31NO. The van der Waals surface area contributed by atoms with Crippen LogP contribution in [0.25, 0.3) is 6.08 Å². The Hall–Kier alpha value is -1.57. The maximum absolute atomic E-state index is 11.9. The molecule has 1 unspecified atom stereocenters. The Balaban J connectivity index is 2.48. The molecule has 1 atom stereocenters. The average Bonchev–Trinajstić information content (AvgIpc) is 2.45. The van der Waals surface area contributed by atoms with Crippen LogP contribution in [0.4, 0.5) is 0 Å². The Morgan fingerprint density at radius 3 is 2.36 bits per heavy atom. The van der Waals surface area contributed by atoms with E-state index >= 15 is 0 Å². The molecule has 0 aromatic heterocycles. The lowest BCUT2D eigenvalue weighted by molar-refractivity contribution is -0.117. The molecule has 1 N–H and O–H groups in total. The van der Waals surface area contributed by atoms with Crippen molar-refractivity contribution < 1.29 is 4.79 Å². The normalized spacial score (nSPS) is 13.3. The molecule has 0 fully saturated rings. The molecule has 0 bridgehead atoms. The number of benzene rings is 1. The van der Waals surface area contributed by atoms with E-state index in [9.17, 15) is 4.79 Å². The van der Waals surface area contributed by atoms with Gasteiger partial charge in [0.05, 0.1) is 0 Å². The van der Waals surface area contributed by atoms with Crippen molar-refractivity contribution in [1.29, 1.82) is 0 Å². The monoisotopic (exact) mass is 301 g/mol. The lowest BCUT2D eigenvalue weighted by Gasteiger charge is -2.18. The van der Waals surface area contributed by atoms with Gasteiger partial charge >= 0.3 is 0 Å². The van der Waals surface area contributed by atoms with Gasteiger partial charge in [-0.15, -0.1) is 0 Å². The van der Waals surface area contributed by atoms with Crippen molar-refractivity contribution >= 4 is 12.0 Å². The quantitative estimate of drug-likeness (QED) is 0.552. The van der Waals surface area contributed by atoms with Gasteiger partial charge in [0.1, 0.15) is 0 Å². The summed E-state index contributed by atoms with van der Waals surface area (Å²) >= 11 is 0. The van der Waals surface area contributed by atoms with Crippen LogP contribution in [0.5, 0.6) is 0 Å². The van der Waals surface area contributed by atoms with Crippen molar-refractivity contribution in [3.63, 3.8) is 0 Å². The summed E-state index contributed by atoms with van der Waals surface area (Å²) in [5.41, 5.74) is 2.52. The van der Waals surface area contributed by atoms with Crippen molar-refractivity contribution in [2.75, 3.05) is 0 Å². The molecule has 1 rings (SSSR count). The van der Waals surface area contributed by atoms with Crippen molar-refractivity contribution in [1.82, 2.24) is 5.32 Å². The predicted octanol–water partition coefficient (Wildman–Crippen LogP) is 5.08. The third-order valence-corrected chi connectivity index (χ3v) is 3.83. The van der Waals surface area contributed by atoms with Gasteiger partial charge in [0.2, 0.25) is 5.91 Å². The number of carbonyl (C=O) groups excluding carboxylic acids is 1. The fourth-order valence-electron chi connectivity index (χ4n) is 2.33. The van der Waals surface area contributed by atoms with Gasteiger partial charge in [0.25, 0.3) is 0 Å². The van der Waals surface area contributed by atoms with Crippen molar-refractivity contribution in [2.45, 2.75) is 71.8 Å². The van der Waals surface area contributed by atoms with Gasteiger partial charge < -0.3 is 5.32 Å². The SMILES string of the molecule is CCCCCC(C)NC(=O)C=Cc1ccc(C(C)(C)C)cc1. The molecule has 22 heavy (non-hydrogen) atoms. The molecule has 0 spiro atoms. The van der Waals surface area contributed by atoms with Gasteiger partial charge in [-0.3, -0.25) is 4.79 Å². The van der Waals surface area contributed by atoms with Gasteiger partial charge in [-0.05, 0) is 36.0 Å². The summed E-state index contributed by atoms with van der Waals surface area (Å²) in [5.74, 6) is -0.0103. The molecule has 0 saturated heterocycles. The van der Waals surface area contributed by atoms with Gasteiger partial charge in [0.15, 0.2) is 0 Å². The summed E-state index contributed by atoms with van der Waals surface area (Å²) in [7, 11) is 0. The second kappa shape index (κ2) is 8.77. The first-order chi connectivity index (χ1) is 10.3. The summed E-state index contributed by atoms with van der Waals surface area (Å²) in [5, 5.41) is 3.02. The highest BCUT2D eigenvalue weighted by molar-refractivity contribution is 5.91. The van der Waals surface area contributed by atoms with E-state index in [1.165, 1.54) is 24.8 Å². The maximum Gasteiger partial charge on any atom is 0.244 e. The lowest BCUT2D eigenvalue weighted by Crippen LogP contribution is -2.30. The van der Waals surface area contributed by atoms with Crippen molar-refractivity contribution in [3.05, 3.63) is 41.5 Å². The molecule has 0 aliphatic rings. The Bertz CT molecular complexity index is 479. The van der Waals surface area contributed by atoms with E-state index in [-0.39, 0.29) is 17.4 Å².